The second-order valence-electron chi connectivity index (χ2n) is 5.87. The fourth-order valence-electron chi connectivity index (χ4n) is 3.07. The second kappa shape index (κ2) is 5.03. The molecule has 1 heterocycles. The predicted octanol–water partition coefficient (Wildman–Crippen LogP) is 1.22. The molecule has 0 bridgehead atoms. The van der Waals surface area contributed by atoms with Crippen LogP contribution in [-0.2, 0) is 0 Å². The molecule has 1 atom stereocenters. The van der Waals surface area contributed by atoms with Crippen molar-refractivity contribution in [2.75, 3.05) is 26.2 Å². The summed E-state index contributed by atoms with van der Waals surface area (Å²) in [5.74, 6) is 0.695. The van der Waals surface area contributed by atoms with E-state index in [1.165, 1.54) is 38.8 Å². The third-order valence-electron chi connectivity index (χ3n) is 3.92. The molecule has 1 aliphatic carbocycles. The minimum absolute atomic E-state index is 0.0293. The van der Waals surface area contributed by atoms with Gasteiger partial charge in [-0.05, 0) is 44.7 Å². The molecule has 0 radical (unpaired) electrons. The monoisotopic (exact) mass is 226 g/mol. The van der Waals surface area contributed by atoms with Gasteiger partial charge in [-0.15, -0.1) is 0 Å². The van der Waals surface area contributed by atoms with Gasteiger partial charge >= 0.3 is 0 Å². The van der Waals surface area contributed by atoms with Gasteiger partial charge in [0.05, 0.1) is 12.1 Å². The molecule has 1 aliphatic heterocycles. The first-order valence-electron chi connectivity index (χ1n) is 6.77. The molecule has 1 unspecified atom stereocenters. The summed E-state index contributed by atoms with van der Waals surface area (Å²) in [5, 5.41) is 13.4. The Balaban J connectivity index is 1.99. The lowest BCUT2D eigenvalue weighted by atomic mass is 9.92. The lowest BCUT2D eigenvalue weighted by molar-refractivity contribution is 0.0927. The van der Waals surface area contributed by atoms with Crippen molar-refractivity contribution < 1.29 is 5.11 Å². The van der Waals surface area contributed by atoms with Crippen LogP contribution in [0.15, 0.2) is 0 Å². The molecule has 0 aromatic carbocycles. The maximum Gasteiger partial charge on any atom is 0.0628 e. The number of nitrogens with zero attached hydrogens (tertiary/aromatic N) is 1. The van der Waals surface area contributed by atoms with E-state index in [0.717, 1.165) is 6.54 Å². The van der Waals surface area contributed by atoms with E-state index in [4.69, 9.17) is 0 Å². The SMILES string of the molecule is CC(C)NC(CO)(CN1CCCC1)C1CC1. The van der Waals surface area contributed by atoms with Crippen molar-refractivity contribution in [2.24, 2.45) is 5.92 Å². The standard InChI is InChI=1S/C13H26N2O/c1-11(2)14-13(10-16,12-5-6-12)9-15-7-3-4-8-15/h11-12,14,16H,3-10H2,1-2H3. The molecule has 1 saturated heterocycles. The van der Waals surface area contributed by atoms with Crippen LogP contribution in [0.3, 0.4) is 0 Å². The van der Waals surface area contributed by atoms with Crippen molar-refractivity contribution >= 4 is 0 Å². The van der Waals surface area contributed by atoms with Gasteiger partial charge in [0.1, 0.15) is 0 Å². The zero-order valence-electron chi connectivity index (χ0n) is 10.7. The molecule has 0 amide bonds. The molecule has 1 saturated carbocycles. The molecule has 0 aromatic heterocycles. The lowest BCUT2D eigenvalue weighted by Gasteiger charge is -2.38. The number of rotatable bonds is 6. The number of hydrogen-bond donors (Lipinski definition) is 2. The third kappa shape index (κ3) is 2.76. The van der Waals surface area contributed by atoms with Crippen LogP contribution in [-0.4, -0.2) is 47.8 Å². The molecule has 94 valence electrons. The molecule has 2 fully saturated rings. The van der Waals surface area contributed by atoms with Gasteiger partial charge in [0, 0.05) is 12.6 Å². The van der Waals surface area contributed by atoms with Crippen molar-refractivity contribution in [3.05, 3.63) is 0 Å². The van der Waals surface area contributed by atoms with Gasteiger partial charge in [-0.3, -0.25) is 0 Å². The highest BCUT2D eigenvalue weighted by Gasteiger charge is 2.46. The molecule has 0 spiro atoms. The summed E-state index contributed by atoms with van der Waals surface area (Å²) >= 11 is 0. The summed E-state index contributed by atoms with van der Waals surface area (Å²) in [7, 11) is 0. The van der Waals surface area contributed by atoms with Gasteiger partial charge in [0.25, 0.3) is 0 Å². The van der Waals surface area contributed by atoms with Crippen LogP contribution < -0.4 is 5.32 Å². The normalized spacial score (nSPS) is 26.2. The zero-order valence-corrected chi connectivity index (χ0v) is 10.7. The minimum atomic E-state index is -0.0293. The summed E-state index contributed by atoms with van der Waals surface area (Å²) in [6.07, 6.45) is 5.23. The quantitative estimate of drug-likeness (QED) is 0.715. The summed E-state index contributed by atoms with van der Waals surface area (Å²) in [5.41, 5.74) is -0.0293. The Kier molecular flexibility index (Phi) is 3.88. The summed E-state index contributed by atoms with van der Waals surface area (Å²) in [4.78, 5) is 2.52. The first-order valence-corrected chi connectivity index (χ1v) is 6.77. The molecule has 2 aliphatic rings. The highest BCUT2D eigenvalue weighted by molar-refractivity contribution is 5.03. The number of likely N-dealkylation sites (tertiary alicyclic amines) is 1. The van der Waals surface area contributed by atoms with Crippen molar-refractivity contribution in [1.29, 1.82) is 0 Å². The Morgan fingerprint density at radius 1 is 1.31 bits per heavy atom. The van der Waals surface area contributed by atoms with E-state index in [1.54, 1.807) is 0 Å². The Labute approximate surface area is 99.2 Å². The van der Waals surface area contributed by atoms with Gasteiger partial charge in [-0.25, -0.2) is 0 Å². The molecule has 2 rings (SSSR count). The van der Waals surface area contributed by atoms with Gasteiger partial charge in [-0.1, -0.05) is 13.8 Å². The Morgan fingerprint density at radius 3 is 2.38 bits per heavy atom. The average Bonchev–Trinajstić information content (AvgIpc) is 2.98. The largest absolute Gasteiger partial charge is 0.394 e. The van der Waals surface area contributed by atoms with Crippen molar-refractivity contribution in [1.82, 2.24) is 10.2 Å². The maximum atomic E-state index is 9.81. The van der Waals surface area contributed by atoms with Gasteiger partial charge in [0.15, 0.2) is 0 Å². The van der Waals surface area contributed by atoms with E-state index in [9.17, 15) is 5.11 Å². The summed E-state index contributed by atoms with van der Waals surface area (Å²) < 4.78 is 0. The maximum absolute atomic E-state index is 9.81. The molecular formula is C13H26N2O. The average molecular weight is 226 g/mol. The van der Waals surface area contributed by atoms with Crippen LogP contribution >= 0.6 is 0 Å². The van der Waals surface area contributed by atoms with E-state index >= 15 is 0 Å². The number of hydrogen-bond acceptors (Lipinski definition) is 3. The zero-order chi connectivity index (χ0) is 11.6. The van der Waals surface area contributed by atoms with Gasteiger partial charge in [-0.2, -0.15) is 0 Å². The van der Waals surface area contributed by atoms with Crippen LogP contribution in [0.2, 0.25) is 0 Å². The molecular weight excluding hydrogens is 200 g/mol. The van der Waals surface area contributed by atoms with Crippen molar-refractivity contribution in [3.63, 3.8) is 0 Å². The van der Waals surface area contributed by atoms with Crippen molar-refractivity contribution in [2.45, 2.75) is 51.1 Å². The number of aliphatic hydroxyl groups is 1. The fraction of sp³-hybridized carbons (Fsp3) is 1.00. The minimum Gasteiger partial charge on any atom is -0.394 e. The van der Waals surface area contributed by atoms with Crippen LogP contribution in [0.25, 0.3) is 0 Å². The van der Waals surface area contributed by atoms with Crippen LogP contribution in [0.4, 0.5) is 0 Å². The molecule has 3 heteroatoms. The first-order chi connectivity index (χ1) is 7.66. The highest BCUT2D eigenvalue weighted by atomic mass is 16.3. The lowest BCUT2D eigenvalue weighted by Crippen LogP contribution is -2.59. The van der Waals surface area contributed by atoms with E-state index in [1.807, 2.05) is 0 Å². The van der Waals surface area contributed by atoms with E-state index in [-0.39, 0.29) is 12.1 Å². The van der Waals surface area contributed by atoms with Crippen LogP contribution in [0.1, 0.15) is 39.5 Å². The van der Waals surface area contributed by atoms with E-state index in [0.29, 0.717) is 12.0 Å². The third-order valence-corrected chi connectivity index (χ3v) is 3.92. The van der Waals surface area contributed by atoms with Crippen LogP contribution in [0, 0.1) is 5.92 Å². The topological polar surface area (TPSA) is 35.5 Å². The van der Waals surface area contributed by atoms with Crippen molar-refractivity contribution in [3.8, 4) is 0 Å². The van der Waals surface area contributed by atoms with Gasteiger partial charge in [0.2, 0.25) is 0 Å². The first kappa shape index (κ1) is 12.3. The fourth-order valence-corrected chi connectivity index (χ4v) is 3.07. The summed E-state index contributed by atoms with van der Waals surface area (Å²) in [6, 6.07) is 0.454. The summed E-state index contributed by atoms with van der Waals surface area (Å²) in [6.45, 7) is 8.11. The highest BCUT2D eigenvalue weighted by Crippen LogP contribution is 2.40. The molecule has 3 nitrogen and oxygen atoms in total. The van der Waals surface area contributed by atoms with E-state index in [2.05, 4.69) is 24.1 Å². The van der Waals surface area contributed by atoms with Crippen LogP contribution in [0.5, 0.6) is 0 Å². The molecule has 2 N–H and O–H groups in total. The predicted molar refractivity (Wildman–Crippen MR) is 66.5 cm³/mol. The Bertz CT molecular complexity index is 222. The Morgan fingerprint density at radius 2 is 1.94 bits per heavy atom. The van der Waals surface area contributed by atoms with Gasteiger partial charge < -0.3 is 15.3 Å². The second-order valence-corrected chi connectivity index (χ2v) is 5.87. The number of aliphatic hydroxyl groups excluding tert-OH is 1. The molecule has 0 aromatic rings. The smallest absolute Gasteiger partial charge is 0.0628 e. The Hall–Kier alpha value is -0.120. The number of nitrogens with one attached hydrogen (secondary N) is 1. The van der Waals surface area contributed by atoms with E-state index < -0.39 is 0 Å². The molecule has 16 heavy (non-hydrogen) atoms.